The molecule has 0 aliphatic carbocycles. The van der Waals surface area contributed by atoms with Gasteiger partial charge in [-0.05, 0) is 37.1 Å². The van der Waals surface area contributed by atoms with Crippen LogP contribution in [-0.4, -0.2) is 36.6 Å². The second-order valence-electron chi connectivity index (χ2n) is 4.35. The van der Waals surface area contributed by atoms with Gasteiger partial charge in [0.05, 0.1) is 4.90 Å². The fourth-order valence-electron chi connectivity index (χ4n) is 1.67. The Morgan fingerprint density at radius 1 is 1.33 bits per heavy atom. The first-order valence-electron chi connectivity index (χ1n) is 5.86. The van der Waals surface area contributed by atoms with Crippen LogP contribution in [0.5, 0.6) is 0 Å². The molecule has 1 atom stereocenters. The zero-order chi connectivity index (χ0) is 16.2. The Morgan fingerprint density at radius 2 is 1.95 bits per heavy atom. The number of benzene rings is 1. The molecule has 21 heavy (non-hydrogen) atoms. The van der Waals surface area contributed by atoms with Gasteiger partial charge in [0.2, 0.25) is 10.0 Å². The van der Waals surface area contributed by atoms with Gasteiger partial charge in [-0.1, -0.05) is 11.6 Å². The minimum Gasteiger partial charge on any atom is -0.481 e. The maximum atomic E-state index is 12.2. The standard InChI is InChI=1S/C12H14ClNO6S/c1-7-6-8(13)2-4-10(7)21(19,20)14-9(12(17)18)3-5-11(15)16/h2,4,6,9,14H,3,5H2,1H3,(H,15,16)(H,17,18)/t9-/m0/s1. The lowest BCUT2D eigenvalue weighted by Gasteiger charge is -2.15. The Bertz CT molecular complexity index is 658. The van der Waals surface area contributed by atoms with Crippen LogP contribution in [0.1, 0.15) is 18.4 Å². The number of aliphatic carboxylic acids is 2. The lowest BCUT2D eigenvalue weighted by Crippen LogP contribution is -2.41. The predicted molar refractivity (Wildman–Crippen MR) is 74.8 cm³/mol. The predicted octanol–water partition coefficient (Wildman–Crippen LogP) is 1.24. The summed E-state index contributed by atoms with van der Waals surface area (Å²) in [5.74, 6) is -2.64. The van der Waals surface area contributed by atoms with Gasteiger partial charge < -0.3 is 10.2 Å². The Hall–Kier alpha value is -1.64. The van der Waals surface area contributed by atoms with Crippen molar-refractivity contribution in [2.75, 3.05) is 0 Å². The van der Waals surface area contributed by atoms with Crippen LogP contribution in [-0.2, 0) is 19.6 Å². The van der Waals surface area contributed by atoms with E-state index in [1.165, 1.54) is 25.1 Å². The van der Waals surface area contributed by atoms with Crippen LogP contribution in [0.15, 0.2) is 23.1 Å². The van der Waals surface area contributed by atoms with Crippen LogP contribution >= 0.6 is 11.6 Å². The second-order valence-corrected chi connectivity index (χ2v) is 6.47. The minimum atomic E-state index is -4.08. The number of hydrogen-bond acceptors (Lipinski definition) is 4. The van der Waals surface area contributed by atoms with Crippen LogP contribution in [0.2, 0.25) is 5.02 Å². The molecule has 1 rings (SSSR count). The molecule has 116 valence electrons. The molecule has 1 aromatic rings. The minimum absolute atomic E-state index is 0.103. The molecule has 9 heteroatoms. The van der Waals surface area contributed by atoms with Gasteiger partial charge in [0.25, 0.3) is 0 Å². The van der Waals surface area contributed by atoms with Gasteiger partial charge in [-0.3, -0.25) is 9.59 Å². The Balaban J connectivity index is 3.00. The first kappa shape index (κ1) is 17.4. The summed E-state index contributed by atoms with van der Waals surface area (Å²) in [4.78, 5) is 21.4. The largest absolute Gasteiger partial charge is 0.481 e. The first-order chi connectivity index (χ1) is 9.63. The normalized spacial score (nSPS) is 12.9. The number of hydrogen-bond donors (Lipinski definition) is 3. The zero-order valence-electron chi connectivity index (χ0n) is 11.0. The summed E-state index contributed by atoms with van der Waals surface area (Å²) in [5, 5.41) is 17.9. The summed E-state index contributed by atoms with van der Waals surface area (Å²) < 4.78 is 26.3. The molecule has 0 saturated carbocycles. The molecule has 0 bridgehead atoms. The van der Waals surface area contributed by atoms with E-state index < -0.39 is 34.4 Å². The highest BCUT2D eigenvalue weighted by atomic mass is 35.5. The van der Waals surface area contributed by atoms with Crippen LogP contribution < -0.4 is 4.72 Å². The molecule has 0 heterocycles. The van der Waals surface area contributed by atoms with Crippen molar-refractivity contribution < 1.29 is 28.2 Å². The third-order valence-corrected chi connectivity index (χ3v) is 4.54. The van der Waals surface area contributed by atoms with Crippen molar-refractivity contribution in [3.8, 4) is 0 Å². The lowest BCUT2D eigenvalue weighted by atomic mass is 10.2. The molecule has 3 N–H and O–H groups in total. The molecule has 0 aliphatic heterocycles. The van der Waals surface area contributed by atoms with Gasteiger partial charge in [-0.2, -0.15) is 4.72 Å². The third kappa shape index (κ3) is 5.00. The van der Waals surface area contributed by atoms with E-state index in [1.54, 1.807) is 0 Å². The molecule has 1 aromatic carbocycles. The van der Waals surface area contributed by atoms with E-state index in [1.807, 2.05) is 4.72 Å². The van der Waals surface area contributed by atoms with Crippen molar-refractivity contribution in [2.24, 2.45) is 0 Å². The Kier molecular flexibility index (Phi) is 5.70. The van der Waals surface area contributed by atoms with E-state index in [0.29, 0.717) is 10.6 Å². The highest BCUT2D eigenvalue weighted by Gasteiger charge is 2.26. The average Bonchev–Trinajstić information content (AvgIpc) is 2.33. The van der Waals surface area contributed by atoms with Crippen molar-refractivity contribution in [3.05, 3.63) is 28.8 Å². The second kappa shape index (κ2) is 6.88. The maximum Gasteiger partial charge on any atom is 0.321 e. The van der Waals surface area contributed by atoms with Gasteiger partial charge in [-0.15, -0.1) is 0 Å². The monoisotopic (exact) mass is 335 g/mol. The van der Waals surface area contributed by atoms with Gasteiger partial charge in [0.15, 0.2) is 0 Å². The summed E-state index contributed by atoms with van der Waals surface area (Å²) in [5.41, 5.74) is 0.359. The topological polar surface area (TPSA) is 121 Å². The summed E-state index contributed by atoms with van der Waals surface area (Å²) >= 11 is 5.73. The summed E-state index contributed by atoms with van der Waals surface area (Å²) in [6.07, 6.45) is -0.810. The maximum absolute atomic E-state index is 12.2. The molecule has 0 aromatic heterocycles. The smallest absolute Gasteiger partial charge is 0.321 e. The van der Waals surface area contributed by atoms with Gasteiger partial charge in [-0.25, -0.2) is 8.42 Å². The number of sulfonamides is 1. The van der Waals surface area contributed by atoms with Crippen LogP contribution in [0.4, 0.5) is 0 Å². The number of carboxylic acid groups (broad SMARTS) is 2. The van der Waals surface area contributed by atoms with E-state index in [0.717, 1.165) is 0 Å². The van der Waals surface area contributed by atoms with E-state index in [2.05, 4.69) is 0 Å². The Morgan fingerprint density at radius 3 is 2.43 bits per heavy atom. The number of nitrogens with one attached hydrogen (secondary N) is 1. The SMILES string of the molecule is Cc1cc(Cl)ccc1S(=O)(=O)N[C@@H](CCC(=O)O)C(=O)O. The van der Waals surface area contributed by atoms with Crippen molar-refractivity contribution >= 4 is 33.6 Å². The molecule has 0 aliphatic rings. The van der Waals surface area contributed by atoms with Crippen molar-refractivity contribution in [1.82, 2.24) is 4.72 Å². The third-order valence-electron chi connectivity index (χ3n) is 2.67. The van der Waals surface area contributed by atoms with Crippen LogP contribution in [0.25, 0.3) is 0 Å². The summed E-state index contributed by atoms with van der Waals surface area (Å²) in [6.45, 7) is 1.52. The zero-order valence-corrected chi connectivity index (χ0v) is 12.6. The quantitative estimate of drug-likeness (QED) is 0.689. The fourth-order valence-corrected chi connectivity index (χ4v) is 3.34. The highest BCUT2D eigenvalue weighted by molar-refractivity contribution is 7.89. The summed E-state index contributed by atoms with van der Waals surface area (Å²) in [7, 11) is -4.08. The first-order valence-corrected chi connectivity index (χ1v) is 7.72. The molecular formula is C12H14ClNO6S. The molecule has 0 unspecified atom stereocenters. The van der Waals surface area contributed by atoms with E-state index >= 15 is 0 Å². The van der Waals surface area contributed by atoms with Gasteiger partial charge in [0.1, 0.15) is 6.04 Å². The van der Waals surface area contributed by atoms with Crippen LogP contribution in [0, 0.1) is 6.92 Å². The van der Waals surface area contributed by atoms with Crippen molar-refractivity contribution in [3.63, 3.8) is 0 Å². The molecule has 0 spiro atoms. The van der Waals surface area contributed by atoms with Crippen molar-refractivity contribution in [1.29, 1.82) is 0 Å². The van der Waals surface area contributed by atoms with E-state index in [9.17, 15) is 18.0 Å². The number of carbonyl (C=O) groups is 2. The van der Waals surface area contributed by atoms with Gasteiger partial charge >= 0.3 is 11.9 Å². The fraction of sp³-hybridized carbons (Fsp3) is 0.333. The van der Waals surface area contributed by atoms with Crippen molar-refractivity contribution in [2.45, 2.75) is 30.7 Å². The Labute approximate surface area is 126 Å². The van der Waals surface area contributed by atoms with E-state index in [4.69, 9.17) is 21.8 Å². The number of halogens is 1. The van der Waals surface area contributed by atoms with E-state index in [-0.39, 0.29) is 11.3 Å². The lowest BCUT2D eigenvalue weighted by molar-refractivity contribution is -0.140. The highest BCUT2D eigenvalue weighted by Crippen LogP contribution is 2.20. The number of rotatable bonds is 7. The molecule has 0 saturated heterocycles. The number of aryl methyl sites for hydroxylation is 1. The van der Waals surface area contributed by atoms with Crippen LogP contribution in [0.3, 0.4) is 0 Å². The molecule has 0 radical (unpaired) electrons. The van der Waals surface area contributed by atoms with Gasteiger partial charge in [0, 0.05) is 11.4 Å². The molecule has 7 nitrogen and oxygen atoms in total. The average molecular weight is 336 g/mol. The number of carboxylic acids is 2. The molecule has 0 amide bonds. The molecule has 0 fully saturated rings. The molecular weight excluding hydrogens is 322 g/mol. The summed E-state index contributed by atoms with van der Waals surface area (Å²) in [6, 6.07) is 2.55.